The summed E-state index contributed by atoms with van der Waals surface area (Å²) in [6.45, 7) is 9.15. The zero-order valence-corrected chi connectivity index (χ0v) is 12.6. The Morgan fingerprint density at radius 1 is 1.25 bits per heavy atom. The molecule has 1 N–H and O–H groups in total. The zero-order valence-electron chi connectivity index (χ0n) is 11.8. The molecule has 0 bridgehead atoms. The maximum absolute atomic E-state index is 3.48. The highest BCUT2D eigenvalue weighted by Gasteiger charge is 2.17. The summed E-state index contributed by atoms with van der Waals surface area (Å²) in [6, 6.07) is 1.41. The highest BCUT2D eigenvalue weighted by molar-refractivity contribution is 7.98. The first-order chi connectivity index (χ1) is 7.67. The van der Waals surface area contributed by atoms with Gasteiger partial charge in [0.1, 0.15) is 0 Å². The van der Waals surface area contributed by atoms with E-state index >= 15 is 0 Å². The number of nitrogens with zero attached hydrogens (tertiary/aromatic N) is 1. The SMILES string of the molecule is CCCNCCC(C)N(C)C(CC)CSC. The van der Waals surface area contributed by atoms with Gasteiger partial charge in [0.25, 0.3) is 0 Å². The van der Waals surface area contributed by atoms with Gasteiger partial charge in [-0.3, -0.25) is 4.90 Å². The van der Waals surface area contributed by atoms with Gasteiger partial charge in [-0.05, 0) is 52.6 Å². The molecule has 0 amide bonds. The molecule has 0 fully saturated rings. The van der Waals surface area contributed by atoms with Gasteiger partial charge in [-0.25, -0.2) is 0 Å². The molecule has 0 heterocycles. The van der Waals surface area contributed by atoms with Crippen LogP contribution in [0.25, 0.3) is 0 Å². The van der Waals surface area contributed by atoms with E-state index in [0.29, 0.717) is 6.04 Å². The summed E-state index contributed by atoms with van der Waals surface area (Å²) >= 11 is 1.95. The molecule has 16 heavy (non-hydrogen) atoms. The molecule has 0 aromatic rings. The molecule has 0 saturated carbocycles. The second kappa shape index (κ2) is 10.4. The summed E-state index contributed by atoms with van der Waals surface area (Å²) in [6.07, 6.45) is 5.93. The standard InChI is InChI=1S/C13H30N2S/c1-6-9-14-10-8-12(3)15(4)13(7-2)11-16-5/h12-14H,6-11H2,1-5H3. The third-order valence-electron chi connectivity index (χ3n) is 3.27. The Morgan fingerprint density at radius 3 is 2.44 bits per heavy atom. The molecule has 0 radical (unpaired) electrons. The maximum atomic E-state index is 3.48. The number of hydrogen-bond acceptors (Lipinski definition) is 3. The normalized spacial score (nSPS) is 15.4. The Morgan fingerprint density at radius 2 is 1.94 bits per heavy atom. The summed E-state index contributed by atoms with van der Waals surface area (Å²) < 4.78 is 0. The third-order valence-corrected chi connectivity index (χ3v) is 3.99. The molecule has 0 aromatic carbocycles. The monoisotopic (exact) mass is 246 g/mol. The summed E-state index contributed by atoms with van der Waals surface area (Å²) in [4.78, 5) is 2.55. The molecule has 2 unspecified atom stereocenters. The molecule has 0 aliphatic heterocycles. The lowest BCUT2D eigenvalue weighted by molar-refractivity contribution is 0.186. The lowest BCUT2D eigenvalue weighted by Gasteiger charge is -2.32. The lowest BCUT2D eigenvalue weighted by atomic mass is 10.1. The molecule has 0 saturated heterocycles. The van der Waals surface area contributed by atoms with Crippen molar-refractivity contribution in [3.8, 4) is 0 Å². The van der Waals surface area contributed by atoms with Crippen LogP contribution in [0.2, 0.25) is 0 Å². The Hall–Kier alpha value is 0.270. The molecule has 0 aliphatic rings. The molecule has 2 atom stereocenters. The molecule has 0 rings (SSSR count). The van der Waals surface area contributed by atoms with E-state index in [-0.39, 0.29) is 0 Å². The largest absolute Gasteiger partial charge is 0.317 e. The number of nitrogens with one attached hydrogen (secondary N) is 1. The average molecular weight is 246 g/mol. The van der Waals surface area contributed by atoms with Crippen molar-refractivity contribution >= 4 is 11.8 Å². The lowest BCUT2D eigenvalue weighted by Crippen LogP contribution is -2.41. The Bertz CT molecular complexity index is 153. The Labute approximate surface area is 107 Å². The first-order valence-corrected chi connectivity index (χ1v) is 7.98. The number of hydrogen-bond donors (Lipinski definition) is 1. The molecule has 2 nitrogen and oxygen atoms in total. The first kappa shape index (κ1) is 16.3. The van der Waals surface area contributed by atoms with Crippen molar-refractivity contribution in [3.05, 3.63) is 0 Å². The van der Waals surface area contributed by atoms with Gasteiger partial charge >= 0.3 is 0 Å². The second-order valence-corrected chi connectivity index (χ2v) is 5.48. The smallest absolute Gasteiger partial charge is 0.0183 e. The second-order valence-electron chi connectivity index (χ2n) is 4.57. The van der Waals surface area contributed by atoms with Crippen LogP contribution >= 0.6 is 11.8 Å². The van der Waals surface area contributed by atoms with Crippen LogP contribution in [0.15, 0.2) is 0 Å². The fourth-order valence-corrected chi connectivity index (χ4v) is 2.75. The van der Waals surface area contributed by atoms with E-state index in [1.165, 1.54) is 25.0 Å². The van der Waals surface area contributed by atoms with E-state index < -0.39 is 0 Å². The van der Waals surface area contributed by atoms with Crippen molar-refractivity contribution in [2.24, 2.45) is 0 Å². The van der Waals surface area contributed by atoms with E-state index in [9.17, 15) is 0 Å². The number of rotatable bonds is 10. The minimum absolute atomic E-state index is 0.682. The van der Waals surface area contributed by atoms with Crippen LogP contribution in [-0.4, -0.2) is 49.1 Å². The van der Waals surface area contributed by atoms with E-state index in [4.69, 9.17) is 0 Å². The quantitative estimate of drug-likeness (QED) is 0.597. The highest BCUT2D eigenvalue weighted by Crippen LogP contribution is 2.12. The summed E-state index contributed by atoms with van der Waals surface area (Å²) in [5.41, 5.74) is 0. The summed E-state index contributed by atoms with van der Waals surface area (Å²) in [7, 11) is 2.27. The van der Waals surface area contributed by atoms with Crippen LogP contribution in [0.5, 0.6) is 0 Å². The van der Waals surface area contributed by atoms with E-state index in [1.807, 2.05) is 11.8 Å². The minimum atomic E-state index is 0.682. The van der Waals surface area contributed by atoms with Crippen LogP contribution in [0.3, 0.4) is 0 Å². The highest BCUT2D eigenvalue weighted by atomic mass is 32.2. The predicted octanol–water partition coefficient (Wildman–Crippen LogP) is 2.84. The summed E-state index contributed by atoms with van der Waals surface area (Å²) in [5, 5.41) is 3.48. The molecule has 98 valence electrons. The molecule has 0 aliphatic carbocycles. The van der Waals surface area contributed by atoms with Crippen LogP contribution in [0, 0.1) is 0 Å². The molecule has 0 aromatic heterocycles. The molecule has 3 heteroatoms. The van der Waals surface area contributed by atoms with Crippen LogP contribution in [0.4, 0.5) is 0 Å². The van der Waals surface area contributed by atoms with Crippen molar-refractivity contribution in [1.29, 1.82) is 0 Å². The van der Waals surface area contributed by atoms with Gasteiger partial charge in [-0.15, -0.1) is 0 Å². The van der Waals surface area contributed by atoms with Gasteiger partial charge in [0.15, 0.2) is 0 Å². The van der Waals surface area contributed by atoms with Crippen LogP contribution in [-0.2, 0) is 0 Å². The number of thioether (sulfide) groups is 1. The summed E-state index contributed by atoms with van der Waals surface area (Å²) in [5.74, 6) is 1.25. The van der Waals surface area contributed by atoms with Gasteiger partial charge < -0.3 is 5.32 Å². The van der Waals surface area contributed by atoms with E-state index in [0.717, 1.165) is 19.1 Å². The Kier molecular flexibility index (Phi) is 10.6. The molecular weight excluding hydrogens is 216 g/mol. The maximum Gasteiger partial charge on any atom is 0.0183 e. The van der Waals surface area contributed by atoms with Crippen molar-refractivity contribution in [3.63, 3.8) is 0 Å². The van der Waals surface area contributed by atoms with Gasteiger partial charge in [0.05, 0.1) is 0 Å². The van der Waals surface area contributed by atoms with Crippen molar-refractivity contribution in [2.45, 2.75) is 52.1 Å². The van der Waals surface area contributed by atoms with Crippen molar-refractivity contribution in [1.82, 2.24) is 10.2 Å². The van der Waals surface area contributed by atoms with Crippen LogP contribution < -0.4 is 5.32 Å². The van der Waals surface area contributed by atoms with E-state index in [2.05, 4.69) is 44.3 Å². The topological polar surface area (TPSA) is 15.3 Å². The van der Waals surface area contributed by atoms with Gasteiger partial charge in [0, 0.05) is 17.8 Å². The average Bonchev–Trinajstić information content (AvgIpc) is 2.30. The molecular formula is C13H30N2S. The Balaban J connectivity index is 3.81. The van der Waals surface area contributed by atoms with Crippen molar-refractivity contribution in [2.75, 3.05) is 32.1 Å². The van der Waals surface area contributed by atoms with Gasteiger partial charge in [0.2, 0.25) is 0 Å². The third kappa shape index (κ3) is 6.77. The zero-order chi connectivity index (χ0) is 12.4. The van der Waals surface area contributed by atoms with Crippen LogP contribution in [0.1, 0.15) is 40.0 Å². The van der Waals surface area contributed by atoms with E-state index in [1.54, 1.807) is 0 Å². The fraction of sp³-hybridized carbons (Fsp3) is 1.00. The molecule has 0 spiro atoms. The van der Waals surface area contributed by atoms with Crippen molar-refractivity contribution < 1.29 is 0 Å². The first-order valence-electron chi connectivity index (χ1n) is 6.58. The fourth-order valence-electron chi connectivity index (χ4n) is 1.89. The minimum Gasteiger partial charge on any atom is -0.317 e. The predicted molar refractivity (Wildman–Crippen MR) is 77.5 cm³/mol. The van der Waals surface area contributed by atoms with Gasteiger partial charge in [-0.2, -0.15) is 11.8 Å². The van der Waals surface area contributed by atoms with Gasteiger partial charge in [-0.1, -0.05) is 13.8 Å².